The Hall–Kier alpha value is -1.84. The molecule has 4 heteroatoms. The van der Waals surface area contributed by atoms with Gasteiger partial charge in [-0.3, -0.25) is 9.59 Å². The minimum absolute atomic E-state index is 0.0206. The van der Waals surface area contributed by atoms with Crippen molar-refractivity contribution in [2.24, 2.45) is 5.73 Å². The summed E-state index contributed by atoms with van der Waals surface area (Å²) in [5.74, 6) is -0.383. The Morgan fingerprint density at radius 1 is 1.39 bits per heavy atom. The van der Waals surface area contributed by atoms with Gasteiger partial charge in [0.2, 0.25) is 11.8 Å². The number of likely N-dealkylation sites (N-methyl/N-ethyl adjacent to an activating group) is 1. The highest BCUT2D eigenvalue weighted by molar-refractivity contribution is 5.94. The van der Waals surface area contributed by atoms with Gasteiger partial charge in [0.25, 0.3) is 0 Å². The standard InChI is InChI=1S/C14H18N2O2/c1-2-16-12(17)8-9-14(16,13(15)18)10-11-6-4-3-5-7-11/h3-7H,2,8-10H2,1H3,(H2,15,18). The molecule has 0 aliphatic carbocycles. The average Bonchev–Trinajstić information content (AvgIpc) is 2.68. The smallest absolute Gasteiger partial charge is 0.243 e. The molecule has 2 amide bonds. The molecule has 96 valence electrons. The fraction of sp³-hybridized carbons (Fsp3) is 0.429. The normalized spacial score (nSPS) is 23.4. The zero-order valence-electron chi connectivity index (χ0n) is 10.6. The van der Waals surface area contributed by atoms with Crippen LogP contribution in [-0.4, -0.2) is 28.8 Å². The molecular weight excluding hydrogens is 228 g/mol. The molecule has 1 aliphatic heterocycles. The van der Waals surface area contributed by atoms with Crippen LogP contribution in [0.2, 0.25) is 0 Å². The number of nitrogens with zero attached hydrogens (tertiary/aromatic N) is 1. The van der Waals surface area contributed by atoms with E-state index in [4.69, 9.17) is 5.73 Å². The van der Waals surface area contributed by atoms with E-state index < -0.39 is 11.4 Å². The molecule has 18 heavy (non-hydrogen) atoms. The van der Waals surface area contributed by atoms with Crippen molar-refractivity contribution < 1.29 is 9.59 Å². The van der Waals surface area contributed by atoms with Gasteiger partial charge in [-0.1, -0.05) is 30.3 Å². The van der Waals surface area contributed by atoms with Gasteiger partial charge in [0.15, 0.2) is 0 Å². The van der Waals surface area contributed by atoms with Crippen LogP contribution < -0.4 is 5.73 Å². The predicted octanol–water partition coefficient (Wildman–Crippen LogP) is 1.10. The maximum absolute atomic E-state index is 11.9. The van der Waals surface area contributed by atoms with Crippen LogP contribution in [0.25, 0.3) is 0 Å². The van der Waals surface area contributed by atoms with Crippen molar-refractivity contribution in [1.29, 1.82) is 0 Å². The van der Waals surface area contributed by atoms with Gasteiger partial charge in [-0.25, -0.2) is 0 Å². The Morgan fingerprint density at radius 2 is 2.06 bits per heavy atom. The lowest BCUT2D eigenvalue weighted by molar-refractivity contribution is -0.139. The quantitative estimate of drug-likeness (QED) is 0.864. The minimum atomic E-state index is -0.840. The number of likely N-dealkylation sites (tertiary alicyclic amines) is 1. The monoisotopic (exact) mass is 246 g/mol. The second-order valence-corrected chi connectivity index (χ2v) is 4.70. The van der Waals surface area contributed by atoms with Gasteiger partial charge in [-0.2, -0.15) is 0 Å². The minimum Gasteiger partial charge on any atom is -0.368 e. The fourth-order valence-corrected chi connectivity index (χ4v) is 2.76. The molecule has 0 saturated carbocycles. The second-order valence-electron chi connectivity index (χ2n) is 4.70. The van der Waals surface area contributed by atoms with Crippen molar-refractivity contribution in [3.63, 3.8) is 0 Å². The van der Waals surface area contributed by atoms with Crippen molar-refractivity contribution in [3.05, 3.63) is 35.9 Å². The van der Waals surface area contributed by atoms with Gasteiger partial charge in [-0.05, 0) is 18.9 Å². The highest BCUT2D eigenvalue weighted by atomic mass is 16.2. The first-order valence-electron chi connectivity index (χ1n) is 6.24. The number of carbonyl (C=O) groups excluding carboxylic acids is 2. The van der Waals surface area contributed by atoms with Crippen LogP contribution in [0, 0.1) is 0 Å². The van der Waals surface area contributed by atoms with E-state index >= 15 is 0 Å². The first-order chi connectivity index (χ1) is 8.60. The lowest BCUT2D eigenvalue weighted by Crippen LogP contribution is -2.56. The van der Waals surface area contributed by atoms with Gasteiger partial charge in [0.1, 0.15) is 5.54 Å². The van der Waals surface area contributed by atoms with E-state index in [0.717, 1.165) is 5.56 Å². The predicted molar refractivity (Wildman–Crippen MR) is 68.7 cm³/mol. The highest BCUT2D eigenvalue weighted by Gasteiger charge is 2.49. The molecule has 1 atom stereocenters. The molecule has 1 aromatic carbocycles. The van der Waals surface area contributed by atoms with Crippen molar-refractivity contribution in [2.75, 3.05) is 6.54 Å². The first-order valence-corrected chi connectivity index (χ1v) is 6.24. The largest absolute Gasteiger partial charge is 0.368 e. The Morgan fingerprint density at radius 3 is 2.61 bits per heavy atom. The molecule has 4 nitrogen and oxygen atoms in total. The Balaban J connectivity index is 2.34. The molecule has 1 fully saturated rings. The summed E-state index contributed by atoms with van der Waals surface area (Å²) in [4.78, 5) is 25.3. The third-order valence-electron chi connectivity index (χ3n) is 3.68. The van der Waals surface area contributed by atoms with Gasteiger partial charge in [0.05, 0.1) is 0 Å². The summed E-state index contributed by atoms with van der Waals surface area (Å²) in [6.45, 7) is 2.40. The SMILES string of the molecule is CCN1C(=O)CCC1(Cc1ccccc1)C(N)=O. The lowest BCUT2D eigenvalue weighted by Gasteiger charge is -2.35. The van der Waals surface area contributed by atoms with Crippen LogP contribution >= 0.6 is 0 Å². The maximum Gasteiger partial charge on any atom is 0.243 e. The maximum atomic E-state index is 11.9. The van der Waals surface area contributed by atoms with Crippen LogP contribution in [0.4, 0.5) is 0 Å². The number of hydrogen-bond acceptors (Lipinski definition) is 2. The van der Waals surface area contributed by atoms with E-state index in [-0.39, 0.29) is 5.91 Å². The first kappa shape index (κ1) is 12.6. The zero-order valence-corrected chi connectivity index (χ0v) is 10.6. The average molecular weight is 246 g/mol. The fourth-order valence-electron chi connectivity index (χ4n) is 2.76. The van der Waals surface area contributed by atoms with Gasteiger partial charge >= 0.3 is 0 Å². The van der Waals surface area contributed by atoms with E-state index in [9.17, 15) is 9.59 Å². The van der Waals surface area contributed by atoms with Crippen molar-refractivity contribution >= 4 is 11.8 Å². The summed E-state index contributed by atoms with van der Waals surface area (Å²) < 4.78 is 0. The number of amides is 2. The topological polar surface area (TPSA) is 63.4 Å². The number of rotatable bonds is 4. The van der Waals surface area contributed by atoms with Gasteiger partial charge in [-0.15, -0.1) is 0 Å². The van der Waals surface area contributed by atoms with Crippen LogP contribution in [0.15, 0.2) is 30.3 Å². The second kappa shape index (κ2) is 4.80. The Bertz CT molecular complexity index is 458. The van der Waals surface area contributed by atoms with Gasteiger partial charge < -0.3 is 10.6 Å². The van der Waals surface area contributed by atoms with Crippen LogP contribution in [0.5, 0.6) is 0 Å². The molecule has 0 bridgehead atoms. The van der Waals surface area contributed by atoms with E-state index in [1.807, 2.05) is 37.3 Å². The third-order valence-corrected chi connectivity index (χ3v) is 3.68. The summed E-state index contributed by atoms with van der Waals surface area (Å²) in [7, 11) is 0. The number of nitrogens with two attached hydrogens (primary N) is 1. The molecule has 0 radical (unpaired) electrons. The molecule has 2 rings (SSSR count). The van der Waals surface area contributed by atoms with E-state index in [1.54, 1.807) is 4.90 Å². The van der Waals surface area contributed by atoms with Crippen molar-refractivity contribution in [1.82, 2.24) is 4.90 Å². The van der Waals surface area contributed by atoms with Gasteiger partial charge in [0, 0.05) is 19.4 Å². The molecule has 1 heterocycles. The molecule has 1 unspecified atom stereocenters. The molecule has 0 spiro atoms. The highest BCUT2D eigenvalue weighted by Crippen LogP contribution is 2.33. The summed E-state index contributed by atoms with van der Waals surface area (Å²) in [6.07, 6.45) is 1.43. The summed E-state index contributed by atoms with van der Waals surface area (Å²) in [5.41, 5.74) is 5.77. The Labute approximate surface area is 107 Å². The third kappa shape index (κ3) is 1.98. The van der Waals surface area contributed by atoms with E-state index in [0.29, 0.717) is 25.8 Å². The number of hydrogen-bond donors (Lipinski definition) is 1. The molecule has 1 aliphatic rings. The summed E-state index contributed by atoms with van der Waals surface area (Å²) in [6, 6.07) is 9.70. The molecule has 2 N–H and O–H groups in total. The lowest BCUT2D eigenvalue weighted by atomic mass is 9.87. The van der Waals surface area contributed by atoms with E-state index in [1.165, 1.54) is 0 Å². The molecule has 1 saturated heterocycles. The van der Waals surface area contributed by atoms with Crippen LogP contribution in [-0.2, 0) is 16.0 Å². The van der Waals surface area contributed by atoms with Crippen LogP contribution in [0.3, 0.4) is 0 Å². The number of benzene rings is 1. The number of primary amides is 1. The Kier molecular flexibility index (Phi) is 3.36. The molecule has 1 aromatic rings. The molecule has 0 aromatic heterocycles. The molecular formula is C14H18N2O2. The summed E-state index contributed by atoms with van der Waals surface area (Å²) >= 11 is 0. The summed E-state index contributed by atoms with van der Waals surface area (Å²) in [5, 5.41) is 0. The van der Waals surface area contributed by atoms with E-state index in [2.05, 4.69) is 0 Å². The zero-order chi connectivity index (χ0) is 13.2. The van der Waals surface area contributed by atoms with Crippen LogP contribution in [0.1, 0.15) is 25.3 Å². The van der Waals surface area contributed by atoms with Crippen molar-refractivity contribution in [2.45, 2.75) is 31.7 Å². The number of carbonyl (C=O) groups is 2. The van der Waals surface area contributed by atoms with Crippen molar-refractivity contribution in [3.8, 4) is 0 Å².